The van der Waals surface area contributed by atoms with Crippen molar-refractivity contribution in [1.29, 1.82) is 0 Å². The molecule has 2 heterocycles. The second-order valence-electron chi connectivity index (χ2n) is 8.00. The molecule has 140 valence electrons. The third-order valence-electron chi connectivity index (χ3n) is 5.64. The van der Waals surface area contributed by atoms with Crippen LogP contribution in [-0.2, 0) is 9.31 Å². The van der Waals surface area contributed by atoms with Gasteiger partial charge in [-0.25, -0.2) is 0 Å². The molecule has 0 bridgehead atoms. The summed E-state index contributed by atoms with van der Waals surface area (Å²) in [7, 11) is -1.03. The Bertz CT molecular complexity index is 1460. The summed E-state index contributed by atoms with van der Waals surface area (Å²) in [4.78, 5) is 0. The van der Waals surface area contributed by atoms with E-state index in [1.54, 1.807) is 24.3 Å². The molecule has 5 rings (SSSR count). The molecule has 0 atom stereocenters. The highest BCUT2D eigenvalue weighted by Crippen LogP contribution is 2.38. The summed E-state index contributed by atoms with van der Waals surface area (Å²) in [5, 5.41) is 0.464. The maximum absolute atomic E-state index is 8.87. The first-order valence-corrected chi connectivity index (χ1v) is 9.24. The van der Waals surface area contributed by atoms with Crippen LogP contribution in [0.15, 0.2) is 71.0 Å². The third kappa shape index (κ3) is 2.60. The zero-order valence-corrected chi connectivity index (χ0v) is 16.2. The molecule has 1 aromatic heterocycles. The van der Waals surface area contributed by atoms with E-state index >= 15 is 0 Å². The molecule has 1 aliphatic heterocycles. The van der Waals surface area contributed by atoms with E-state index in [1.165, 1.54) is 0 Å². The number of furan rings is 1. The van der Waals surface area contributed by atoms with Gasteiger partial charge in [0.1, 0.15) is 11.2 Å². The average molecular weight is 376 g/mol. The molecule has 0 aliphatic carbocycles. The number of rotatable bonds is 2. The molecule has 3 nitrogen and oxygen atoms in total. The van der Waals surface area contributed by atoms with Gasteiger partial charge in [-0.15, -0.1) is 0 Å². The van der Waals surface area contributed by atoms with E-state index in [-0.39, 0.29) is 58.3 Å². The van der Waals surface area contributed by atoms with Crippen LogP contribution in [0, 0.1) is 0 Å². The lowest BCUT2D eigenvalue weighted by molar-refractivity contribution is 0.00578. The summed E-state index contributed by atoms with van der Waals surface area (Å²) in [6, 6.07) is 7.61. The van der Waals surface area contributed by atoms with Gasteiger partial charge in [0.05, 0.1) is 19.4 Å². The van der Waals surface area contributed by atoms with Gasteiger partial charge in [-0.05, 0) is 56.4 Å². The number of hydrogen-bond donors (Lipinski definition) is 0. The molecule has 4 aromatic rings. The summed E-state index contributed by atoms with van der Waals surface area (Å²) >= 11 is 0. The van der Waals surface area contributed by atoms with Crippen molar-refractivity contribution in [3.8, 4) is 11.1 Å². The molecular formula is C24H23BO3. The Labute approximate surface area is 173 Å². The van der Waals surface area contributed by atoms with Crippen LogP contribution in [0.5, 0.6) is 0 Å². The summed E-state index contributed by atoms with van der Waals surface area (Å²) < 4.78 is 69.8. The largest absolute Gasteiger partial charge is 0.494 e. The molecule has 0 radical (unpaired) electrons. The van der Waals surface area contributed by atoms with Gasteiger partial charge in [-0.3, -0.25) is 0 Å². The molecular weight excluding hydrogens is 347 g/mol. The molecule has 28 heavy (non-hydrogen) atoms. The number of fused-ring (bicyclic) bond motifs is 3. The van der Waals surface area contributed by atoms with Crippen LogP contribution >= 0.6 is 0 Å². The maximum Gasteiger partial charge on any atom is 0.494 e. The van der Waals surface area contributed by atoms with E-state index in [2.05, 4.69) is 0 Å². The molecule has 0 saturated carbocycles. The zero-order valence-electron chi connectivity index (χ0n) is 22.2. The van der Waals surface area contributed by atoms with Gasteiger partial charge in [0, 0.05) is 10.8 Å². The Balaban J connectivity index is 1.89. The normalized spacial score (nSPS) is 21.2. The predicted octanol–water partition coefficient (Wildman–Crippen LogP) is 5.55. The van der Waals surface area contributed by atoms with Gasteiger partial charge in [-0.1, -0.05) is 54.5 Å². The zero-order chi connectivity index (χ0) is 24.7. The van der Waals surface area contributed by atoms with Crippen LogP contribution in [0.2, 0.25) is 0 Å². The van der Waals surface area contributed by atoms with Crippen molar-refractivity contribution in [2.24, 2.45) is 0 Å². The van der Waals surface area contributed by atoms with Crippen molar-refractivity contribution < 1.29 is 22.0 Å². The Hall–Kier alpha value is -2.56. The van der Waals surface area contributed by atoms with Crippen molar-refractivity contribution in [3.63, 3.8) is 0 Å². The molecule has 0 spiro atoms. The van der Waals surface area contributed by atoms with Crippen molar-refractivity contribution >= 4 is 34.5 Å². The van der Waals surface area contributed by atoms with Crippen molar-refractivity contribution in [1.82, 2.24) is 0 Å². The number of benzene rings is 3. The minimum absolute atomic E-state index is 0.0105. The molecule has 0 N–H and O–H groups in total. The molecule has 1 saturated heterocycles. The van der Waals surface area contributed by atoms with Crippen LogP contribution in [0.25, 0.3) is 33.1 Å². The van der Waals surface area contributed by atoms with Crippen molar-refractivity contribution in [2.75, 3.05) is 0 Å². The lowest BCUT2D eigenvalue weighted by Crippen LogP contribution is -2.41. The highest BCUT2D eigenvalue weighted by Gasteiger charge is 2.51. The SMILES string of the molecule is [2H]c1c([2H])c(-c2ccccc2)c2c(oc3c([2H])c(B4OC(C)(C)C(C)(C)O4)c([2H])c([2H])c32)c1[2H]. The van der Waals surface area contributed by atoms with E-state index in [4.69, 9.17) is 22.0 Å². The summed E-state index contributed by atoms with van der Waals surface area (Å²) in [6.07, 6.45) is 0. The molecule has 3 aromatic carbocycles. The minimum atomic E-state index is -1.03. The highest BCUT2D eigenvalue weighted by atomic mass is 16.7. The summed E-state index contributed by atoms with van der Waals surface area (Å²) in [6.45, 7) is 7.47. The topological polar surface area (TPSA) is 31.6 Å². The van der Waals surface area contributed by atoms with Crippen LogP contribution in [-0.4, -0.2) is 18.3 Å². The van der Waals surface area contributed by atoms with Gasteiger partial charge < -0.3 is 13.7 Å². The average Bonchev–Trinajstić information content (AvgIpc) is 3.26. The quantitative estimate of drug-likeness (QED) is 0.430. The van der Waals surface area contributed by atoms with E-state index in [0.717, 1.165) is 0 Å². The molecule has 0 amide bonds. The number of hydrogen-bond acceptors (Lipinski definition) is 3. The first kappa shape index (κ1) is 12.1. The van der Waals surface area contributed by atoms with E-state index in [1.807, 2.05) is 33.8 Å². The fraction of sp³-hybridized carbons (Fsp3) is 0.250. The first-order chi connectivity index (χ1) is 15.9. The Kier molecular flexibility index (Phi) is 2.58. The fourth-order valence-electron chi connectivity index (χ4n) is 3.36. The second-order valence-corrected chi connectivity index (χ2v) is 8.00. The van der Waals surface area contributed by atoms with Crippen LogP contribution < -0.4 is 5.46 Å². The van der Waals surface area contributed by atoms with Gasteiger partial charge in [0.25, 0.3) is 0 Å². The summed E-state index contributed by atoms with van der Waals surface area (Å²) in [5.41, 5.74) is -0.320. The van der Waals surface area contributed by atoms with Gasteiger partial charge in [0.2, 0.25) is 0 Å². The second kappa shape index (κ2) is 5.97. The van der Waals surface area contributed by atoms with Crippen LogP contribution in [0.1, 0.15) is 35.9 Å². The minimum Gasteiger partial charge on any atom is -0.456 e. The van der Waals surface area contributed by atoms with E-state index in [9.17, 15) is 0 Å². The Morgan fingerprint density at radius 3 is 2.29 bits per heavy atom. The molecule has 1 fully saturated rings. The lowest BCUT2D eigenvalue weighted by Gasteiger charge is -2.32. The molecule has 1 aliphatic rings. The predicted molar refractivity (Wildman–Crippen MR) is 115 cm³/mol. The van der Waals surface area contributed by atoms with E-state index in [0.29, 0.717) is 16.5 Å². The Morgan fingerprint density at radius 1 is 0.857 bits per heavy atom. The third-order valence-corrected chi connectivity index (χ3v) is 5.64. The van der Waals surface area contributed by atoms with E-state index < -0.39 is 18.3 Å². The highest BCUT2D eigenvalue weighted by molar-refractivity contribution is 6.62. The Morgan fingerprint density at radius 2 is 1.57 bits per heavy atom. The van der Waals surface area contributed by atoms with Crippen molar-refractivity contribution in [3.05, 3.63) is 66.6 Å². The van der Waals surface area contributed by atoms with Crippen LogP contribution in [0.3, 0.4) is 0 Å². The van der Waals surface area contributed by atoms with Gasteiger partial charge in [0.15, 0.2) is 0 Å². The van der Waals surface area contributed by atoms with Gasteiger partial charge >= 0.3 is 7.12 Å². The molecule has 0 unspecified atom stereocenters. The smallest absolute Gasteiger partial charge is 0.456 e. The standard InChI is InChI=1S/C24H23BO3/c1-23(2)24(3,4)28-25(27-23)17-13-14-19-21(15-17)26-20-12-8-11-18(22(19)20)16-9-6-5-7-10-16/h5-15H,1-4H3/i8D,11D,12D,13D,14D,15D. The van der Waals surface area contributed by atoms with Crippen molar-refractivity contribution in [2.45, 2.75) is 38.9 Å². The first-order valence-electron chi connectivity index (χ1n) is 12.2. The molecule has 4 heteroatoms. The summed E-state index contributed by atoms with van der Waals surface area (Å²) in [5.74, 6) is 0. The lowest BCUT2D eigenvalue weighted by atomic mass is 9.79. The maximum atomic E-state index is 8.87. The van der Waals surface area contributed by atoms with Gasteiger partial charge in [-0.2, -0.15) is 0 Å². The monoisotopic (exact) mass is 376 g/mol. The fourth-order valence-corrected chi connectivity index (χ4v) is 3.36. The van der Waals surface area contributed by atoms with Crippen LogP contribution in [0.4, 0.5) is 0 Å².